The van der Waals surface area contributed by atoms with Crippen molar-refractivity contribution in [3.05, 3.63) is 24.3 Å². The van der Waals surface area contributed by atoms with Crippen molar-refractivity contribution in [3.63, 3.8) is 0 Å². The number of rotatable bonds is 2. The van der Waals surface area contributed by atoms with Crippen LogP contribution in [0.2, 0.25) is 0 Å². The summed E-state index contributed by atoms with van der Waals surface area (Å²) in [5.41, 5.74) is 5.12. The zero-order valence-corrected chi connectivity index (χ0v) is 11.3. The molecule has 0 aliphatic carbocycles. The number of sulfonamides is 1. The fourth-order valence-corrected chi connectivity index (χ4v) is 2.31. The van der Waals surface area contributed by atoms with Crippen LogP contribution in [-0.4, -0.2) is 20.0 Å². The molecule has 1 aromatic rings. The van der Waals surface area contributed by atoms with Crippen LogP contribution in [0, 0.1) is 0 Å². The predicted molar refractivity (Wildman–Crippen MR) is 69.5 cm³/mol. The van der Waals surface area contributed by atoms with Crippen LogP contribution in [-0.2, 0) is 10.0 Å². The number of nitrogens with two attached hydrogens (primary N) is 1. The second kappa shape index (κ2) is 4.85. The Labute approximate surface area is 107 Å². The molecule has 1 aromatic carbocycles. The Morgan fingerprint density at radius 2 is 1.78 bits per heavy atom. The Kier molecular flexibility index (Phi) is 3.85. The van der Waals surface area contributed by atoms with Gasteiger partial charge in [-0.2, -0.15) is 0 Å². The number of nitrogens with one attached hydrogen (secondary N) is 2. The van der Waals surface area contributed by atoms with Crippen molar-refractivity contribution in [2.24, 2.45) is 0 Å². The first-order chi connectivity index (χ1) is 8.12. The monoisotopic (exact) mass is 271 g/mol. The van der Waals surface area contributed by atoms with E-state index in [-0.39, 0.29) is 10.6 Å². The summed E-state index contributed by atoms with van der Waals surface area (Å²) in [6.45, 7) is 5.24. The minimum absolute atomic E-state index is 0.0913. The van der Waals surface area contributed by atoms with Gasteiger partial charge in [0.15, 0.2) is 0 Å². The van der Waals surface area contributed by atoms with Gasteiger partial charge in [-0.1, -0.05) is 12.1 Å². The molecular formula is C11H17N3O3S. The van der Waals surface area contributed by atoms with Crippen molar-refractivity contribution in [1.29, 1.82) is 0 Å². The molecule has 0 saturated carbocycles. The van der Waals surface area contributed by atoms with Gasteiger partial charge in [0, 0.05) is 5.54 Å². The van der Waals surface area contributed by atoms with Gasteiger partial charge in [-0.25, -0.2) is 17.9 Å². The summed E-state index contributed by atoms with van der Waals surface area (Å²) in [5.74, 6) is 0. The van der Waals surface area contributed by atoms with Crippen LogP contribution < -0.4 is 15.8 Å². The number of para-hydroxylation sites is 1. The Balaban J connectivity index is 2.91. The summed E-state index contributed by atoms with van der Waals surface area (Å²) in [6.07, 6.45) is 0. The van der Waals surface area contributed by atoms with E-state index >= 15 is 0 Å². The number of benzene rings is 1. The molecule has 0 saturated heterocycles. The van der Waals surface area contributed by atoms with Gasteiger partial charge in [0.1, 0.15) is 4.90 Å². The zero-order chi connectivity index (χ0) is 14.0. The van der Waals surface area contributed by atoms with E-state index in [1.54, 1.807) is 26.8 Å². The fourth-order valence-electron chi connectivity index (χ4n) is 1.27. The van der Waals surface area contributed by atoms with E-state index < -0.39 is 21.6 Å². The maximum Gasteiger partial charge on any atom is 0.329 e. The summed E-state index contributed by atoms with van der Waals surface area (Å²) in [5, 5.41) is 2.49. The van der Waals surface area contributed by atoms with Crippen molar-refractivity contribution < 1.29 is 13.2 Å². The van der Waals surface area contributed by atoms with E-state index in [9.17, 15) is 13.2 Å². The van der Waals surface area contributed by atoms with E-state index in [1.165, 1.54) is 18.2 Å². The number of hydrogen-bond acceptors (Lipinski definition) is 4. The molecule has 0 spiro atoms. The molecule has 0 aromatic heterocycles. The van der Waals surface area contributed by atoms with E-state index in [4.69, 9.17) is 5.73 Å². The lowest BCUT2D eigenvalue weighted by atomic mass is 10.1. The molecule has 0 atom stereocenters. The number of anilines is 1. The Hall–Kier alpha value is -1.76. The second-order valence-corrected chi connectivity index (χ2v) is 6.50. The highest BCUT2D eigenvalue weighted by Crippen LogP contribution is 2.16. The van der Waals surface area contributed by atoms with E-state index in [0.29, 0.717) is 0 Å². The lowest BCUT2D eigenvalue weighted by molar-refractivity contribution is 0.237. The molecule has 18 heavy (non-hydrogen) atoms. The molecule has 0 aliphatic rings. The predicted octanol–water partition coefficient (Wildman–Crippen LogP) is 1.06. The highest BCUT2D eigenvalue weighted by atomic mass is 32.2. The Bertz CT molecular complexity index is 547. The minimum atomic E-state index is -3.95. The maximum atomic E-state index is 11.9. The standard InChI is InChI=1S/C11H17N3O3S/c1-11(2,3)13-10(15)14-18(16,17)9-7-5-4-6-8(9)12/h4-7H,12H2,1-3H3,(H2,13,14,15). The SMILES string of the molecule is CC(C)(C)NC(=O)NS(=O)(=O)c1ccccc1N. The number of carbonyl (C=O) groups excluding carboxylic acids is 1. The van der Waals surface area contributed by atoms with E-state index in [0.717, 1.165) is 0 Å². The van der Waals surface area contributed by atoms with Gasteiger partial charge in [0.2, 0.25) is 0 Å². The molecule has 4 N–H and O–H groups in total. The van der Waals surface area contributed by atoms with Gasteiger partial charge in [-0.05, 0) is 32.9 Å². The molecule has 0 bridgehead atoms. The van der Waals surface area contributed by atoms with Crippen LogP contribution in [0.15, 0.2) is 29.2 Å². The summed E-state index contributed by atoms with van der Waals surface area (Å²) in [6, 6.07) is 5.15. The van der Waals surface area contributed by atoms with Crippen molar-refractivity contribution in [1.82, 2.24) is 10.0 Å². The summed E-state index contributed by atoms with van der Waals surface area (Å²) >= 11 is 0. The van der Waals surface area contributed by atoms with Crippen LogP contribution >= 0.6 is 0 Å². The Morgan fingerprint density at radius 1 is 1.22 bits per heavy atom. The molecule has 0 heterocycles. The molecule has 1 rings (SSSR count). The van der Waals surface area contributed by atoms with E-state index in [2.05, 4.69) is 5.32 Å². The van der Waals surface area contributed by atoms with Crippen molar-refractivity contribution in [2.45, 2.75) is 31.2 Å². The molecule has 0 radical (unpaired) electrons. The molecule has 100 valence electrons. The summed E-state index contributed by atoms with van der Waals surface area (Å²) in [7, 11) is -3.95. The number of nitrogen functional groups attached to an aromatic ring is 1. The van der Waals surface area contributed by atoms with Crippen molar-refractivity contribution in [3.8, 4) is 0 Å². The zero-order valence-electron chi connectivity index (χ0n) is 10.5. The molecule has 0 unspecified atom stereocenters. The van der Waals surface area contributed by atoms with Crippen LogP contribution in [0.3, 0.4) is 0 Å². The quantitative estimate of drug-likeness (QED) is 0.700. The number of amides is 2. The molecular weight excluding hydrogens is 254 g/mol. The Morgan fingerprint density at radius 3 is 2.28 bits per heavy atom. The molecule has 7 heteroatoms. The highest BCUT2D eigenvalue weighted by molar-refractivity contribution is 7.90. The smallest absolute Gasteiger partial charge is 0.329 e. The fraction of sp³-hybridized carbons (Fsp3) is 0.364. The average Bonchev–Trinajstić information content (AvgIpc) is 2.13. The van der Waals surface area contributed by atoms with Crippen molar-refractivity contribution in [2.75, 3.05) is 5.73 Å². The van der Waals surface area contributed by atoms with Gasteiger partial charge in [-0.15, -0.1) is 0 Å². The van der Waals surface area contributed by atoms with Gasteiger partial charge < -0.3 is 11.1 Å². The van der Waals surface area contributed by atoms with Gasteiger partial charge in [0.25, 0.3) is 10.0 Å². The first-order valence-corrected chi connectivity index (χ1v) is 6.79. The summed E-state index contributed by atoms with van der Waals surface area (Å²) < 4.78 is 25.7. The summed E-state index contributed by atoms with van der Waals surface area (Å²) in [4.78, 5) is 11.4. The number of urea groups is 1. The van der Waals surface area contributed by atoms with Gasteiger partial charge >= 0.3 is 6.03 Å². The van der Waals surface area contributed by atoms with Crippen LogP contribution in [0.5, 0.6) is 0 Å². The average molecular weight is 271 g/mol. The lowest BCUT2D eigenvalue weighted by Gasteiger charge is -2.20. The van der Waals surface area contributed by atoms with Crippen LogP contribution in [0.25, 0.3) is 0 Å². The number of hydrogen-bond donors (Lipinski definition) is 3. The first kappa shape index (κ1) is 14.3. The molecule has 6 nitrogen and oxygen atoms in total. The lowest BCUT2D eigenvalue weighted by Crippen LogP contribution is -2.48. The second-order valence-electron chi connectivity index (χ2n) is 4.85. The molecule has 0 aliphatic heterocycles. The van der Waals surface area contributed by atoms with Crippen LogP contribution in [0.4, 0.5) is 10.5 Å². The largest absolute Gasteiger partial charge is 0.398 e. The normalized spacial score (nSPS) is 11.9. The minimum Gasteiger partial charge on any atom is -0.398 e. The van der Waals surface area contributed by atoms with Crippen LogP contribution in [0.1, 0.15) is 20.8 Å². The van der Waals surface area contributed by atoms with E-state index in [1.807, 2.05) is 4.72 Å². The van der Waals surface area contributed by atoms with Crippen molar-refractivity contribution >= 4 is 21.7 Å². The third-order valence-electron chi connectivity index (χ3n) is 1.92. The van der Waals surface area contributed by atoms with Gasteiger partial charge in [0.05, 0.1) is 5.69 Å². The molecule has 2 amide bonds. The third kappa shape index (κ3) is 3.92. The first-order valence-electron chi connectivity index (χ1n) is 5.31. The highest BCUT2D eigenvalue weighted by Gasteiger charge is 2.22. The maximum absolute atomic E-state index is 11.9. The number of carbonyl (C=O) groups is 1. The third-order valence-corrected chi connectivity index (χ3v) is 3.33. The topological polar surface area (TPSA) is 101 Å². The molecule has 0 fully saturated rings. The van der Waals surface area contributed by atoms with Gasteiger partial charge in [-0.3, -0.25) is 0 Å².